The van der Waals surface area contributed by atoms with Crippen molar-refractivity contribution in [3.05, 3.63) is 62.1 Å². The van der Waals surface area contributed by atoms with Crippen LogP contribution in [0.5, 0.6) is 0 Å². The van der Waals surface area contributed by atoms with Gasteiger partial charge in [0, 0.05) is 34.1 Å². The predicted octanol–water partition coefficient (Wildman–Crippen LogP) is 2.44. The fourth-order valence-electron chi connectivity index (χ4n) is 2.26. The third-order valence-corrected chi connectivity index (χ3v) is 5.25. The highest BCUT2D eigenvalue weighted by Crippen LogP contribution is 2.21. The van der Waals surface area contributed by atoms with Gasteiger partial charge in [-0.3, -0.25) is 19.7 Å². The SMILES string of the molecule is Cc1cc(Br)ccc1NC(=O)CNC(=O)c1cc([N+](=O)[O-])cc(S(C)(=O)=O)c1. The van der Waals surface area contributed by atoms with Gasteiger partial charge in [-0.25, -0.2) is 8.42 Å². The van der Waals surface area contributed by atoms with Crippen LogP contribution in [0.25, 0.3) is 0 Å². The molecule has 28 heavy (non-hydrogen) atoms. The number of amides is 2. The van der Waals surface area contributed by atoms with Crippen molar-refractivity contribution in [2.45, 2.75) is 11.8 Å². The lowest BCUT2D eigenvalue weighted by atomic mass is 10.2. The van der Waals surface area contributed by atoms with Crippen LogP contribution in [0.3, 0.4) is 0 Å². The Bertz CT molecular complexity index is 1070. The average molecular weight is 470 g/mol. The molecule has 11 heteroatoms. The molecule has 0 radical (unpaired) electrons. The highest BCUT2D eigenvalue weighted by Gasteiger charge is 2.19. The first-order valence-electron chi connectivity index (χ1n) is 7.81. The number of nitro groups is 1. The minimum absolute atomic E-state index is 0.234. The molecule has 0 fully saturated rings. The summed E-state index contributed by atoms with van der Waals surface area (Å²) in [6.07, 6.45) is 0.877. The van der Waals surface area contributed by atoms with Gasteiger partial charge in [-0.2, -0.15) is 0 Å². The monoisotopic (exact) mass is 469 g/mol. The van der Waals surface area contributed by atoms with Gasteiger partial charge in [0.05, 0.1) is 16.4 Å². The van der Waals surface area contributed by atoms with Crippen molar-refractivity contribution in [2.24, 2.45) is 0 Å². The number of nitro benzene ring substituents is 1. The molecule has 9 nitrogen and oxygen atoms in total. The second-order valence-electron chi connectivity index (χ2n) is 5.93. The molecule has 0 atom stereocenters. The van der Waals surface area contributed by atoms with Crippen molar-refractivity contribution in [1.82, 2.24) is 5.32 Å². The Balaban J connectivity index is 2.13. The minimum atomic E-state index is -3.76. The van der Waals surface area contributed by atoms with Gasteiger partial charge in [-0.15, -0.1) is 0 Å². The van der Waals surface area contributed by atoms with Gasteiger partial charge in [0.15, 0.2) is 9.84 Å². The van der Waals surface area contributed by atoms with Gasteiger partial charge >= 0.3 is 0 Å². The average Bonchev–Trinajstić information content (AvgIpc) is 2.61. The van der Waals surface area contributed by atoms with E-state index in [1.165, 1.54) is 0 Å². The van der Waals surface area contributed by atoms with E-state index in [0.29, 0.717) is 5.69 Å². The van der Waals surface area contributed by atoms with Crippen molar-refractivity contribution >= 4 is 49.0 Å². The van der Waals surface area contributed by atoms with Crippen molar-refractivity contribution in [2.75, 3.05) is 18.1 Å². The van der Waals surface area contributed by atoms with Crippen LogP contribution >= 0.6 is 15.9 Å². The molecular formula is C17H16BrN3O6S. The molecule has 2 aromatic rings. The van der Waals surface area contributed by atoms with E-state index >= 15 is 0 Å². The summed E-state index contributed by atoms with van der Waals surface area (Å²) in [5.41, 5.74) is 0.605. The summed E-state index contributed by atoms with van der Waals surface area (Å²) >= 11 is 3.31. The number of hydrogen-bond donors (Lipinski definition) is 2. The predicted molar refractivity (Wildman–Crippen MR) is 106 cm³/mol. The summed E-state index contributed by atoms with van der Waals surface area (Å²) in [4.78, 5) is 34.1. The van der Waals surface area contributed by atoms with Crippen LogP contribution in [-0.2, 0) is 14.6 Å². The molecule has 0 saturated heterocycles. The summed E-state index contributed by atoms with van der Waals surface area (Å²) < 4.78 is 24.2. The molecule has 0 aliphatic carbocycles. The zero-order valence-corrected chi connectivity index (χ0v) is 17.3. The smallest absolute Gasteiger partial charge is 0.271 e. The van der Waals surface area contributed by atoms with Crippen LogP contribution in [0.1, 0.15) is 15.9 Å². The number of nitrogens with zero attached hydrogens (tertiary/aromatic N) is 1. The maximum Gasteiger partial charge on any atom is 0.271 e. The normalized spacial score (nSPS) is 11.0. The first-order valence-corrected chi connectivity index (χ1v) is 10.5. The lowest BCUT2D eigenvalue weighted by molar-refractivity contribution is -0.385. The quantitative estimate of drug-likeness (QED) is 0.492. The first kappa shape index (κ1) is 21.5. The zero-order valence-electron chi connectivity index (χ0n) is 14.9. The van der Waals surface area contributed by atoms with Gasteiger partial charge in [0.1, 0.15) is 0 Å². The van der Waals surface area contributed by atoms with Crippen LogP contribution < -0.4 is 10.6 Å². The summed E-state index contributed by atoms with van der Waals surface area (Å²) in [6.45, 7) is 1.40. The largest absolute Gasteiger partial charge is 0.343 e. The molecule has 2 rings (SSSR count). The Hall–Kier alpha value is -2.79. The van der Waals surface area contributed by atoms with Gasteiger partial charge in [-0.05, 0) is 36.8 Å². The number of benzene rings is 2. The van der Waals surface area contributed by atoms with E-state index in [1.807, 2.05) is 6.07 Å². The molecule has 0 aliphatic rings. The molecule has 2 amide bonds. The lowest BCUT2D eigenvalue weighted by Crippen LogP contribution is -2.33. The fourth-order valence-corrected chi connectivity index (χ4v) is 3.41. The number of carbonyl (C=O) groups excluding carboxylic acids is 2. The maximum atomic E-state index is 12.3. The fraction of sp³-hybridized carbons (Fsp3) is 0.176. The van der Waals surface area contributed by atoms with E-state index in [1.54, 1.807) is 19.1 Å². The number of sulfone groups is 1. The van der Waals surface area contributed by atoms with Crippen LogP contribution in [-0.4, -0.2) is 38.0 Å². The number of non-ortho nitro benzene ring substituents is 1. The molecule has 0 spiro atoms. The Morgan fingerprint density at radius 2 is 1.86 bits per heavy atom. The van der Waals surface area contributed by atoms with Gasteiger partial charge in [0.2, 0.25) is 5.91 Å². The summed E-state index contributed by atoms with van der Waals surface area (Å²) in [5, 5.41) is 15.9. The first-order chi connectivity index (χ1) is 13.0. The van der Waals surface area contributed by atoms with E-state index < -0.39 is 38.8 Å². The van der Waals surface area contributed by atoms with Crippen LogP contribution in [0.2, 0.25) is 0 Å². The molecule has 2 N–H and O–H groups in total. The Morgan fingerprint density at radius 1 is 1.18 bits per heavy atom. The Morgan fingerprint density at radius 3 is 2.43 bits per heavy atom. The zero-order chi connectivity index (χ0) is 21.1. The van der Waals surface area contributed by atoms with Crippen molar-refractivity contribution in [3.63, 3.8) is 0 Å². The highest BCUT2D eigenvalue weighted by molar-refractivity contribution is 9.10. The topological polar surface area (TPSA) is 135 Å². The van der Waals surface area contributed by atoms with Gasteiger partial charge < -0.3 is 10.6 Å². The molecule has 0 heterocycles. The van der Waals surface area contributed by atoms with Gasteiger partial charge in [0.25, 0.3) is 11.6 Å². The molecule has 2 aromatic carbocycles. The molecular weight excluding hydrogens is 454 g/mol. The summed E-state index contributed by atoms with van der Waals surface area (Å²) in [5.74, 6) is -1.32. The minimum Gasteiger partial charge on any atom is -0.343 e. The number of rotatable bonds is 6. The third-order valence-electron chi connectivity index (χ3n) is 3.66. The van der Waals surface area contributed by atoms with Crippen molar-refractivity contribution < 1.29 is 22.9 Å². The summed E-state index contributed by atoms with van der Waals surface area (Å²) in [6, 6.07) is 8.09. The van der Waals surface area contributed by atoms with Crippen LogP contribution in [0.15, 0.2) is 45.8 Å². The lowest BCUT2D eigenvalue weighted by Gasteiger charge is -2.10. The van der Waals surface area contributed by atoms with Crippen molar-refractivity contribution in [1.29, 1.82) is 0 Å². The van der Waals surface area contributed by atoms with Crippen LogP contribution in [0.4, 0.5) is 11.4 Å². The van der Waals surface area contributed by atoms with E-state index in [4.69, 9.17) is 0 Å². The van der Waals surface area contributed by atoms with Crippen molar-refractivity contribution in [3.8, 4) is 0 Å². The Kier molecular flexibility index (Phi) is 6.52. The second kappa shape index (κ2) is 8.48. The van der Waals surface area contributed by atoms with E-state index in [9.17, 15) is 28.1 Å². The molecule has 0 aromatic heterocycles. The Labute approximate surface area is 169 Å². The number of hydrogen-bond acceptors (Lipinski definition) is 6. The number of halogens is 1. The van der Waals surface area contributed by atoms with E-state index in [2.05, 4.69) is 26.6 Å². The number of anilines is 1. The molecule has 0 bridgehead atoms. The molecule has 0 saturated carbocycles. The number of aryl methyl sites for hydroxylation is 1. The number of carbonyl (C=O) groups is 2. The molecule has 0 aliphatic heterocycles. The highest BCUT2D eigenvalue weighted by atomic mass is 79.9. The van der Waals surface area contributed by atoms with Crippen LogP contribution in [0, 0.1) is 17.0 Å². The standard InChI is InChI=1S/C17H16BrN3O6S/c1-10-5-12(18)3-4-15(10)20-16(22)9-19-17(23)11-6-13(21(24)25)8-14(7-11)28(2,26)27/h3-8H,9H2,1-2H3,(H,19,23)(H,20,22). The third kappa shape index (κ3) is 5.60. The molecule has 0 unspecified atom stereocenters. The maximum absolute atomic E-state index is 12.3. The second-order valence-corrected chi connectivity index (χ2v) is 8.87. The summed E-state index contributed by atoms with van der Waals surface area (Å²) in [7, 11) is -3.76. The van der Waals surface area contributed by atoms with E-state index in [0.717, 1.165) is 34.5 Å². The number of nitrogens with one attached hydrogen (secondary N) is 2. The van der Waals surface area contributed by atoms with E-state index in [-0.39, 0.29) is 10.5 Å². The van der Waals surface area contributed by atoms with Gasteiger partial charge in [-0.1, -0.05) is 15.9 Å². The molecule has 148 valence electrons.